The topological polar surface area (TPSA) is 80.3 Å². The molecule has 158 valence electrons. The molecule has 0 aliphatic carbocycles. The minimum Gasteiger partial charge on any atom is -0.497 e. The second-order valence-corrected chi connectivity index (χ2v) is 7.70. The average Bonchev–Trinajstić information content (AvgIpc) is 3.15. The van der Waals surface area contributed by atoms with Gasteiger partial charge in [-0.3, -0.25) is 14.5 Å². The van der Waals surface area contributed by atoms with Gasteiger partial charge in [0.25, 0.3) is 5.91 Å². The second-order valence-electron chi connectivity index (χ2n) is 7.31. The van der Waals surface area contributed by atoms with E-state index in [1.54, 1.807) is 27.2 Å². The summed E-state index contributed by atoms with van der Waals surface area (Å²) in [6.07, 6.45) is 0.102. The van der Waals surface area contributed by atoms with Crippen molar-refractivity contribution in [3.8, 4) is 11.5 Å². The van der Waals surface area contributed by atoms with Crippen molar-refractivity contribution in [2.75, 3.05) is 47.5 Å². The van der Waals surface area contributed by atoms with Gasteiger partial charge in [0.2, 0.25) is 0 Å². The summed E-state index contributed by atoms with van der Waals surface area (Å²) in [5, 5.41) is 3.61. The fourth-order valence-electron chi connectivity index (χ4n) is 4.12. The van der Waals surface area contributed by atoms with Crippen LogP contribution in [0.4, 0.5) is 0 Å². The van der Waals surface area contributed by atoms with Gasteiger partial charge in [0.05, 0.1) is 27.2 Å². The molecule has 3 rings (SSSR count). The third-order valence-corrected chi connectivity index (χ3v) is 5.75. The van der Waals surface area contributed by atoms with E-state index in [9.17, 15) is 9.59 Å². The molecule has 1 spiro atoms. The van der Waals surface area contributed by atoms with Gasteiger partial charge in [-0.05, 0) is 43.9 Å². The molecule has 1 amide bonds. The van der Waals surface area contributed by atoms with Gasteiger partial charge in [0.15, 0.2) is 5.11 Å². The molecular weight excluding hydrogens is 394 g/mol. The normalized spacial score (nSPS) is 24.1. The molecule has 9 heteroatoms. The summed E-state index contributed by atoms with van der Waals surface area (Å²) >= 11 is 5.46. The van der Waals surface area contributed by atoms with Crippen LogP contribution in [0, 0.1) is 0 Å². The minimum atomic E-state index is -0.891. The monoisotopic (exact) mass is 421 g/mol. The van der Waals surface area contributed by atoms with Gasteiger partial charge < -0.3 is 24.4 Å². The Morgan fingerprint density at radius 2 is 1.93 bits per heavy atom. The number of likely N-dealkylation sites (N-methyl/N-ethyl adjacent to an activating group) is 1. The highest BCUT2D eigenvalue weighted by Crippen LogP contribution is 2.42. The molecule has 1 aromatic carbocycles. The lowest BCUT2D eigenvalue weighted by Crippen LogP contribution is -2.52. The zero-order chi connectivity index (χ0) is 21.2. The van der Waals surface area contributed by atoms with Crippen molar-refractivity contribution in [3.63, 3.8) is 0 Å². The van der Waals surface area contributed by atoms with Crippen LogP contribution in [0.3, 0.4) is 0 Å². The summed E-state index contributed by atoms with van der Waals surface area (Å²) in [5.41, 5.74) is 0.0409. The fourth-order valence-corrected chi connectivity index (χ4v) is 4.47. The molecule has 2 heterocycles. The van der Waals surface area contributed by atoms with E-state index < -0.39 is 5.54 Å². The van der Waals surface area contributed by atoms with E-state index in [4.69, 9.17) is 26.4 Å². The summed E-state index contributed by atoms with van der Waals surface area (Å²) in [6, 6.07) is 5.65. The first-order valence-corrected chi connectivity index (χ1v) is 9.96. The van der Waals surface area contributed by atoms with Crippen LogP contribution in [0.25, 0.3) is 0 Å². The average molecular weight is 422 g/mol. The van der Waals surface area contributed by atoms with E-state index in [0.717, 1.165) is 5.56 Å². The lowest BCUT2D eigenvalue weighted by atomic mass is 9.81. The predicted octanol–water partition coefficient (Wildman–Crippen LogP) is 1.14. The molecule has 1 aromatic rings. The number of hydrogen-bond acceptors (Lipinski definition) is 7. The lowest BCUT2D eigenvalue weighted by Gasteiger charge is -2.29. The maximum Gasteiger partial charge on any atom is 0.307 e. The Hall–Kier alpha value is -2.39. The predicted molar refractivity (Wildman–Crippen MR) is 111 cm³/mol. The third-order valence-electron chi connectivity index (χ3n) is 5.43. The highest BCUT2D eigenvalue weighted by atomic mass is 32.1. The summed E-state index contributed by atoms with van der Waals surface area (Å²) in [7, 11) is 5.17. The maximum absolute atomic E-state index is 13.5. The van der Waals surface area contributed by atoms with E-state index in [2.05, 4.69) is 10.2 Å². The van der Waals surface area contributed by atoms with Gasteiger partial charge in [-0.2, -0.15) is 0 Å². The van der Waals surface area contributed by atoms with Crippen LogP contribution >= 0.6 is 12.2 Å². The van der Waals surface area contributed by atoms with Crippen molar-refractivity contribution in [2.45, 2.75) is 24.8 Å². The SMILES string of the molecule is CCOC(=O)CCN1C(=O)[C@@]2(CN(C)C[C@@H]2c2cc(OC)cc(OC)c2)NC1=S. The van der Waals surface area contributed by atoms with Gasteiger partial charge in [-0.15, -0.1) is 0 Å². The molecule has 8 nitrogen and oxygen atoms in total. The molecule has 2 fully saturated rings. The van der Waals surface area contributed by atoms with Crippen LogP contribution in [0.15, 0.2) is 18.2 Å². The molecule has 29 heavy (non-hydrogen) atoms. The van der Waals surface area contributed by atoms with Crippen LogP contribution in [-0.2, 0) is 14.3 Å². The quantitative estimate of drug-likeness (QED) is 0.519. The molecule has 0 radical (unpaired) electrons. The summed E-state index contributed by atoms with van der Waals surface area (Å²) in [4.78, 5) is 28.8. The first-order valence-electron chi connectivity index (χ1n) is 9.55. The molecule has 0 saturated carbocycles. The van der Waals surface area contributed by atoms with Crippen LogP contribution in [-0.4, -0.2) is 79.8 Å². The number of rotatable bonds is 7. The Bertz CT molecular complexity index is 795. The first-order chi connectivity index (χ1) is 13.8. The first kappa shape index (κ1) is 21.3. The zero-order valence-electron chi connectivity index (χ0n) is 17.2. The largest absolute Gasteiger partial charge is 0.497 e. The summed E-state index contributed by atoms with van der Waals surface area (Å²) in [5.74, 6) is 0.701. The summed E-state index contributed by atoms with van der Waals surface area (Å²) in [6.45, 7) is 3.43. The molecule has 2 aliphatic heterocycles. The Morgan fingerprint density at radius 1 is 1.28 bits per heavy atom. The molecule has 2 aliphatic rings. The van der Waals surface area contributed by atoms with Crippen molar-refractivity contribution in [3.05, 3.63) is 23.8 Å². The number of benzene rings is 1. The molecular formula is C20H27N3O5S. The third kappa shape index (κ3) is 4.02. The maximum atomic E-state index is 13.5. The minimum absolute atomic E-state index is 0.102. The highest BCUT2D eigenvalue weighted by Gasteiger charge is 2.58. The van der Waals surface area contributed by atoms with E-state index in [1.807, 2.05) is 19.2 Å². The van der Waals surface area contributed by atoms with Gasteiger partial charge in [-0.25, -0.2) is 0 Å². The lowest BCUT2D eigenvalue weighted by molar-refractivity contribution is -0.143. The number of esters is 1. The molecule has 1 N–H and O–H groups in total. The van der Waals surface area contributed by atoms with Gasteiger partial charge in [0.1, 0.15) is 17.0 Å². The zero-order valence-corrected chi connectivity index (χ0v) is 18.0. The number of carbonyl (C=O) groups excluding carboxylic acids is 2. The van der Waals surface area contributed by atoms with Crippen molar-refractivity contribution in [1.29, 1.82) is 0 Å². The molecule has 0 unspecified atom stereocenters. The second kappa shape index (κ2) is 8.54. The van der Waals surface area contributed by atoms with Crippen molar-refractivity contribution in [2.24, 2.45) is 0 Å². The van der Waals surface area contributed by atoms with Gasteiger partial charge >= 0.3 is 5.97 Å². The molecule has 2 atom stereocenters. The van der Waals surface area contributed by atoms with Crippen molar-refractivity contribution in [1.82, 2.24) is 15.1 Å². The number of methoxy groups -OCH3 is 2. The number of nitrogens with zero attached hydrogens (tertiary/aromatic N) is 2. The Balaban J connectivity index is 1.90. The number of nitrogens with one attached hydrogen (secondary N) is 1. The van der Waals surface area contributed by atoms with E-state index in [-0.39, 0.29) is 30.8 Å². The number of carbonyl (C=O) groups is 2. The van der Waals surface area contributed by atoms with E-state index in [1.165, 1.54) is 4.90 Å². The van der Waals surface area contributed by atoms with Crippen LogP contribution in [0.5, 0.6) is 11.5 Å². The van der Waals surface area contributed by atoms with E-state index in [0.29, 0.717) is 36.3 Å². The highest BCUT2D eigenvalue weighted by molar-refractivity contribution is 7.80. The summed E-state index contributed by atoms with van der Waals surface area (Å²) < 4.78 is 15.8. The molecule has 0 aromatic heterocycles. The molecule has 2 saturated heterocycles. The van der Waals surface area contributed by atoms with E-state index >= 15 is 0 Å². The number of thiocarbonyl (C=S) groups is 1. The van der Waals surface area contributed by atoms with Crippen molar-refractivity contribution >= 4 is 29.2 Å². The Labute approximate surface area is 176 Å². The van der Waals surface area contributed by atoms with Gasteiger partial charge in [-0.1, -0.05) is 0 Å². The fraction of sp³-hybridized carbons (Fsp3) is 0.550. The van der Waals surface area contributed by atoms with Gasteiger partial charge in [0, 0.05) is 31.6 Å². The van der Waals surface area contributed by atoms with Crippen LogP contribution < -0.4 is 14.8 Å². The van der Waals surface area contributed by atoms with Crippen molar-refractivity contribution < 1.29 is 23.8 Å². The Kier molecular flexibility index (Phi) is 6.28. The molecule has 0 bridgehead atoms. The number of hydrogen-bond donors (Lipinski definition) is 1. The Morgan fingerprint density at radius 3 is 2.52 bits per heavy atom. The standard InChI is InChI=1S/C20H27N3O5S/c1-5-28-17(24)6-7-23-18(25)20(21-19(23)29)12-22(2)11-16(20)13-8-14(26-3)10-15(9-13)27-4/h8-10,16H,5-7,11-12H2,1-4H3,(H,21,29)/t16-,20+/m1/s1. The number of ether oxygens (including phenoxy) is 3. The number of amides is 1. The van der Waals surface area contributed by atoms with Crippen LogP contribution in [0.2, 0.25) is 0 Å². The van der Waals surface area contributed by atoms with Crippen LogP contribution in [0.1, 0.15) is 24.8 Å². The number of likely N-dealkylation sites (tertiary alicyclic amines) is 1. The smallest absolute Gasteiger partial charge is 0.307 e.